The van der Waals surface area contributed by atoms with Crippen molar-refractivity contribution in [3.8, 4) is 0 Å². The van der Waals surface area contributed by atoms with E-state index in [-0.39, 0.29) is 23.4 Å². The van der Waals surface area contributed by atoms with Crippen molar-refractivity contribution >= 4 is 17.4 Å². The number of aliphatic hydroxyl groups is 1. The second kappa shape index (κ2) is 7.94. The van der Waals surface area contributed by atoms with Gasteiger partial charge < -0.3 is 14.9 Å². The second-order valence-corrected chi connectivity index (χ2v) is 7.18. The number of likely N-dealkylation sites (N-methyl/N-ethyl adjacent to an activating group) is 1. The van der Waals surface area contributed by atoms with E-state index < -0.39 is 23.5 Å². The minimum absolute atomic E-state index is 0.0855. The van der Waals surface area contributed by atoms with Gasteiger partial charge in [-0.2, -0.15) is 0 Å². The van der Waals surface area contributed by atoms with Crippen LogP contribution in [-0.2, 0) is 9.59 Å². The number of carbonyl (C=O) groups excluding carboxylic acids is 2. The summed E-state index contributed by atoms with van der Waals surface area (Å²) in [5, 5.41) is 10.9. The molecule has 1 saturated heterocycles. The maximum Gasteiger partial charge on any atom is 0.295 e. The molecule has 146 valence electrons. The van der Waals surface area contributed by atoms with Gasteiger partial charge in [0.2, 0.25) is 0 Å². The van der Waals surface area contributed by atoms with Crippen LogP contribution in [0.4, 0.5) is 4.39 Å². The van der Waals surface area contributed by atoms with Crippen LogP contribution in [0.15, 0.2) is 54.1 Å². The third-order valence-corrected chi connectivity index (χ3v) is 4.85. The van der Waals surface area contributed by atoms with Crippen molar-refractivity contribution in [3.63, 3.8) is 0 Å². The van der Waals surface area contributed by atoms with Crippen molar-refractivity contribution in [3.05, 3.63) is 76.6 Å². The highest BCUT2D eigenvalue weighted by atomic mass is 19.1. The number of amides is 1. The SMILES string of the molecule is Cc1ccc(/C(O)=C2/C(=O)C(=O)N(CCN(C)C)C2c2ccccc2F)cc1. The molecule has 0 aliphatic carbocycles. The lowest BCUT2D eigenvalue weighted by atomic mass is 9.94. The largest absolute Gasteiger partial charge is 0.507 e. The zero-order chi connectivity index (χ0) is 20.4. The highest BCUT2D eigenvalue weighted by Gasteiger charge is 2.46. The van der Waals surface area contributed by atoms with Gasteiger partial charge in [-0.25, -0.2) is 4.39 Å². The van der Waals surface area contributed by atoms with Crippen LogP contribution < -0.4 is 0 Å². The molecular formula is C22H23FN2O3. The maximum absolute atomic E-state index is 14.6. The zero-order valence-corrected chi connectivity index (χ0v) is 16.1. The van der Waals surface area contributed by atoms with Gasteiger partial charge in [0.15, 0.2) is 0 Å². The number of rotatable bonds is 5. The fourth-order valence-electron chi connectivity index (χ4n) is 3.31. The van der Waals surface area contributed by atoms with Crippen LogP contribution in [0.25, 0.3) is 5.76 Å². The Morgan fingerprint density at radius 3 is 2.36 bits per heavy atom. The van der Waals surface area contributed by atoms with Crippen molar-refractivity contribution in [1.82, 2.24) is 9.80 Å². The normalized spacial score (nSPS) is 18.9. The third kappa shape index (κ3) is 3.68. The third-order valence-electron chi connectivity index (χ3n) is 4.85. The minimum atomic E-state index is -0.970. The number of Topliss-reactive ketones (excluding diaryl/α,β-unsaturated/α-hetero) is 1. The molecule has 3 rings (SSSR count). The lowest BCUT2D eigenvalue weighted by molar-refractivity contribution is -0.140. The molecule has 28 heavy (non-hydrogen) atoms. The molecule has 5 nitrogen and oxygen atoms in total. The van der Waals surface area contributed by atoms with Gasteiger partial charge in [0.25, 0.3) is 11.7 Å². The van der Waals surface area contributed by atoms with Crippen molar-refractivity contribution in [2.24, 2.45) is 0 Å². The van der Waals surface area contributed by atoms with Gasteiger partial charge >= 0.3 is 0 Å². The van der Waals surface area contributed by atoms with E-state index >= 15 is 0 Å². The first-order valence-corrected chi connectivity index (χ1v) is 9.06. The summed E-state index contributed by atoms with van der Waals surface area (Å²) >= 11 is 0. The molecule has 2 aromatic rings. The summed E-state index contributed by atoms with van der Waals surface area (Å²) in [4.78, 5) is 28.7. The fraction of sp³-hybridized carbons (Fsp3) is 0.273. The van der Waals surface area contributed by atoms with Crippen LogP contribution in [-0.4, -0.2) is 53.8 Å². The monoisotopic (exact) mass is 382 g/mol. The summed E-state index contributed by atoms with van der Waals surface area (Å²) in [5.41, 5.74) is 1.51. The predicted octanol–water partition coefficient (Wildman–Crippen LogP) is 3.12. The smallest absolute Gasteiger partial charge is 0.295 e. The number of hydrogen-bond donors (Lipinski definition) is 1. The topological polar surface area (TPSA) is 60.9 Å². The maximum atomic E-state index is 14.6. The number of benzene rings is 2. The zero-order valence-electron chi connectivity index (χ0n) is 16.1. The number of halogens is 1. The Kier molecular flexibility index (Phi) is 5.61. The van der Waals surface area contributed by atoms with Gasteiger partial charge in [-0.15, -0.1) is 0 Å². The van der Waals surface area contributed by atoms with Crippen LogP contribution in [0.2, 0.25) is 0 Å². The molecule has 1 amide bonds. The first-order valence-electron chi connectivity index (χ1n) is 9.06. The number of hydrogen-bond acceptors (Lipinski definition) is 4. The first-order chi connectivity index (χ1) is 13.3. The highest BCUT2D eigenvalue weighted by Crippen LogP contribution is 2.40. The van der Waals surface area contributed by atoms with Crippen LogP contribution >= 0.6 is 0 Å². The van der Waals surface area contributed by atoms with Crippen molar-refractivity contribution in [2.45, 2.75) is 13.0 Å². The van der Waals surface area contributed by atoms with Gasteiger partial charge in [-0.1, -0.05) is 48.0 Å². The number of carbonyl (C=O) groups is 2. The summed E-state index contributed by atoms with van der Waals surface area (Å²) in [6.45, 7) is 2.65. The molecule has 1 N–H and O–H groups in total. The van der Waals surface area contributed by atoms with Crippen LogP contribution in [0.1, 0.15) is 22.7 Å². The molecule has 6 heteroatoms. The van der Waals surface area contributed by atoms with E-state index in [1.54, 1.807) is 36.4 Å². The molecular weight excluding hydrogens is 359 g/mol. The average Bonchev–Trinajstić information content (AvgIpc) is 2.91. The van der Waals surface area contributed by atoms with Gasteiger partial charge in [0.05, 0.1) is 11.6 Å². The minimum Gasteiger partial charge on any atom is -0.507 e. The second-order valence-electron chi connectivity index (χ2n) is 7.18. The number of aliphatic hydroxyl groups excluding tert-OH is 1. The molecule has 0 radical (unpaired) electrons. The lowest BCUT2D eigenvalue weighted by Gasteiger charge is -2.26. The van der Waals surface area contributed by atoms with Crippen LogP contribution in [0.5, 0.6) is 0 Å². The van der Waals surface area contributed by atoms with E-state index in [4.69, 9.17) is 0 Å². The molecule has 1 heterocycles. The Bertz CT molecular complexity index is 935. The lowest BCUT2D eigenvalue weighted by Crippen LogP contribution is -2.35. The Labute approximate surface area is 163 Å². The standard InChI is InChI=1S/C22H23FN2O3/c1-14-8-10-15(11-9-14)20(26)18-19(16-6-4-5-7-17(16)23)25(13-12-24(2)3)22(28)21(18)27/h4-11,19,26H,12-13H2,1-3H3/b20-18-. The van der Waals surface area contributed by atoms with Gasteiger partial charge in [-0.3, -0.25) is 9.59 Å². The van der Waals surface area contributed by atoms with Crippen molar-refractivity contribution in [2.75, 3.05) is 27.2 Å². The highest BCUT2D eigenvalue weighted by molar-refractivity contribution is 6.46. The summed E-state index contributed by atoms with van der Waals surface area (Å²) in [5.74, 6) is -2.35. The van der Waals surface area contributed by atoms with Gasteiger partial charge in [0, 0.05) is 24.2 Å². The van der Waals surface area contributed by atoms with Crippen molar-refractivity contribution in [1.29, 1.82) is 0 Å². The summed E-state index contributed by atoms with van der Waals surface area (Å²) in [6, 6.07) is 12.0. The van der Waals surface area contributed by atoms with E-state index in [0.29, 0.717) is 12.1 Å². The molecule has 1 unspecified atom stereocenters. The first kappa shape index (κ1) is 19.8. The van der Waals surface area contributed by atoms with E-state index in [1.807, 2.05) is 25.9 Å². The van der Waals surface area contributed by atoms with Gasteiger partial charge in [0.1, 0.15) is 11.6 Å². The Morgan fingerprint density at radius 2 is 1.75 bits per heavy atom. The molecule has 0 aromatic heterocycles. The molecule has 1 aliphatic rings. The number of nitrogens with zero attached hydrogens (tertiary/aromatic N) is 2. The Morgan fingerprint density at radius 1 is 1.11 bits per heavy atom. The molecule has 2 aromatic carbocycles. The summed E-state index contributed by atoms with van der Waals surface area (Å²) in [7, 11) is 3.70. The average molecular weight is 382 g/mol. The van der Waals surface area contributed by atoms with E-state index in [1.165, 1.54) is 17.0 Å². The molecule has 1 fully saturated rings. The Balaban J connectivity index is 2.16. The molecule has 0 saturated carbocycles. The number of likely N-dealkylation sites (tertiary alicyclic amines) is 1. The molecule has 0 spiro atoms. The molecule has 1 atom stereocenters. The van der Waals surface area contributed by atoms with E-state index in [2.05, 4.69) is 0 Å². The number of aryl methyl sites for hydroxylation is 1. The van der Waals surface area contributed by atoms with E-state index in [0.717, 1.165) is 5.56 Å². The quantitative estimate of drug-likeness (QED) is 0.490. The fourth-order valence-corrected chi connectivity index (χ4v) is 3.31. The van der Waals surface area contributed by atoms with Crippen LogP contribution in [0.3, 0.4) is 0 Å². The Hall–Kier alpha value is -2.99. The predicted molar refractivity (Wildman–Crippen MR) is 105 cm³/mol. The summed E-state index contributed by atoms with van der Waals surface area (Å²) < 4.78 is 14.6. The molecule has 0 bridgehead atoms. The van der Waals surface area contributed by atoms with Gasteiger partial charge in [-0.05, 0) is 27.1 Å². The van der Waals surface area contributed by atoms with Crippen LogP contribution in [0, 0.1) is 12.7 Å². The van der Waals surface area contributed by atoms with Crippen molar-refractivity contribution < 1.29 is 19.1 Å². The van der Waals surface area contributed by atoms with E-state index in [9.17, 15) is 19.1 Å². The summed E-state index contributed by atoms with van der Waals surface area (Å²) in [6.07, 6.45) is 0. The molecule has 1 aliphatic heterocycles. The number of ketones is 1.